The van der Waals surface area contributed by atoms with Crippen LogP contribution in [0.3, 0.4) is 0 Å². The van der Waals surface area contributed by atoms with E-state index in [4.69, 9.17) is 4.74 Å². The second-order valence-corrected chi connectivity index (χ2v) is 11.6. The van der Waals surface area contributed by atoms with Crippen LogP contribution in [0.4, 0.5) is 15.3 Å². The Balaban J connectivity index is 0.00000133. The van der Waals surface area contributed by atoms with Crippen LogP contribution in [0, 0.1) is 0 Å². The predicted octanol–water partition coefficient (Wildman–Crippen LogP) is 4.76. The van der Waals surface area contributed by atoms with Crippen LogP contribution in [0.5, 0.6) is 0 Å². The highest BCUT2D eigenvalue weighted by Crippen LogP contribution is 2.38. The first kappa shape index (κ1) is 25.2. The summed E-state index contributed by atoms with van der Waals surface area (Å²) >= 11 is 1.52. The van der Waals surface area contributed by atoms with Crippen LogP contribution < -0.4 is 10.0 Å². The van der Waals surface area contributed by atoms with Gasteiger partial charge in [-0.3, -0.25) is 9.62 Å². The standard InChI is InChI=1S/C24H34N4O3S.C2H6/c1-24(2,3)31-23(30)28-11-17(12-28)27-13-18(14-27)32-26-22(29)25-21-19-8-4-6-15(19)10-16-7-5-9-20(16)21;1-2/h10,17-18H,4-9,11-14H2,1-3H3,(H2,25,26,29);1-2H3. The molecule has 5 rings (SSSR count). The number of amides is 3. The van der Waals surface area contributed by atoms with E-state index in [1.807, 2.05) is 34.6 Å². The van der Waals surface area contributed by atoms with Gasteiger partial charge in [0.05, 0.1) is 5.25 Å². The van der Waals surface area contributed by atoms with Gasteiger partial charge in [0.2, 0.25) is 0 Å². The Morgan fingerprint density at radius 3 is 2.12 bits per heavy atom. The first-order chi connectivity index (χ1) is 16.3. The van der Waals surface area contributed by atoms with Gasteiger partial charge in [-0.05, 0) is 93.5 Å². The fourth-order valence-corrected chi connectivity index (χ4v) is 6.10. The number of aryl methyl sites for hydroxylation is 2. The van der Waals surface area contributed by atoms with Crippen LogP contribution in [0.25, 0.3) is 0 Å². The van der Waals surface area contributed by atoms with E-state index < -0.39 is 5.60 Å². The van der Waals surface area contributed by atoms with Crippen molar-refractivity contribution < 1.29 is 14.3 Å². The molecule has 0 unspecified atom stereocenters. The lowest BCUT2D eigenvalue weighted by molar-refractivity contribution is -0.0268. The molecule has 0 radical (unpaired) electrons. The molecule has 4 aliphatic rings. The minimum Gasteiger partial charge on any atom is -0.444 e. The summed E-state index contributed by atoms with van der Waals surface area (Å²) in [5.74, 6) is 0. The molecule has 2 fully saturated rings. The van der Waals surface area contributed by atoms with Gasteiger partial charge in [0.15, 0.2) is 0 Å². The largest absolute Gasteiger partial charge is 0.444 e. The fourth-order valence-electron chi connectivity index (χ4n) is 5.25. The van der Waals surface area contributed by atoms with Crippen LogP contribution in [-0.4, -0.2) is 65.0 Å². The SMILES string of the molecule is CC.CC(C)(C)OC(=O)N1CC(N2CC(SNC(=O)Nc3c4c(cc5c3CCC5)CCC4)C2)C1. The molecule has 0 aromatic heterocycles. The third-order valence-corrected chi connectivity index (χ3v) is 7.87. The van der Waals surface area contributed by atoms with E-state index in [1.165, 1.54) is 47.0 Å². The van der Waals surface area contributed by atoms with Gasteiger partial charge >= 0.3 is 12.1 Å². The maximum Gasteiger partial charge on any atom is 0.410 e. The maximum atomic E-state index is 12.7. The summed E-state index contributed by atoms with van der Waals surface area (Å²) in [5.41, 5.74) is 6.23. The van der Waals surface area contributed by atoms with Crippen molar-refractivity contribution in [3.05, 3.63) is 28.3 Å². The third-order valence-electron chi connectivity index (χ3n) is 6.94. The Kier molecular flexibility index (Phi) is 7.67. The van der Waals surface area contributed by atoms with E-state index in [9.17, 15) is 9.59 Å². The lowest BCUT2D eigenvalue weighted by Crippen LogP contribution is -2.67. The molecule has 34 heavy (non-hydrogen) atoms. The molecule has 7 nitrogen and oxygen atoms in total. The number of urea groups is 1. The van der Waals surface area contributed by atoms with Gasteiger partial charge in [0.1, 0.15) is 5.60 Å². The molecule has 0 bridgehead atoms. The number of fused-ring (bicyclic) bond motifs is 2. The Bertz CT molecular complexity index is 885. The summed E-state index contributed by atoms with van der Waals surface area (Å²) in [6.07, 6.45) is 6.57. The molecule has 2 aliphatic heterocycles. The topological polar surface area (TPSA) is 73.9 Å². The first-order valence-corrected chi connectivity index (χ1v) is 13.8. The number of anilines is 1. The first-order valence-electron chi connectivity index (χ1n) is 12.9. The zero-order chi connectivity index (χ0) is 24.5. The van der Waals surface area contributed by atoms with E-state index in [-0.39, 0.29) is 12.1 Å². The van der Waals surface area contributed by atoms with Crippen LogP contribution in [0.15, 0.2) is 6.07 Å². The van der Waals surface area contributed by atoms with E-state index in [2.05, 4.69) is 21.0 Å². The number of rotatable bonds is 4. The second kappa shape index (κ2) is 10.4. The highest BCUT2D eigenvalue weighted by Gasteiger charge is 2.42. The number of carbonyl (C=O) groups is 2. The summed E-state index contributed by atoms with van der Waals surface area (Å²) < 4.78 is 8.44. The van der Waals surface area contributed by atoms with Gasteiger partial charge < -0.3 is 15.0 Å². The van der Waals surface area contributed by atoms with Crippen LogP contribution in [0.2, 0.25) is 0 Å². The molecule has 1 aromatic carbocycles. The second-order valence-electron chi connectivity index (χ2n) is 10.5. The van der Waals surface area contributed by atoms with Crippen molar-refractivity contribution in [1.82, 2.24) is 14.5 Å². The molecule has 2 aliphatic carbocycles. The normalized spacial score (nSPS) is 19.9. The number of ether oxygens (including phenoxy) is 1. The lowest BCUT2D eigenvalue weighted by atomic mass is 9.99. The van der Waals surface area contributed by atoms with Crippen molar-refractivity contribution >= 4 is 29.8 Å². The summed E-state index contributed by atoms with van der Waals surface area (Å²) in [6, 6.07) is 2.68. The zero-order valence-electron chi connectivity index (χ0n) is 21.3. The van der Waals surface area contributed by atoms with Gasteiger partial charge in [0, 0.05) is 37.9 Å². The summed E-state index contributed by atoms with van der Waals surface area (Å²) in [7, 11) is 0. The minimum absolute atomic E-state index is 0.109. The Hall–Kier alpha value is -1.93. The van der Waals surface area contributed by atoms with Gasteiger partial charge in [-0.1, -0.05) is 19.9 Å². The molecule has 2 N–H and O–H groups in total. The highest BCUT2D eigenvalue weighted by atomic mass is 32.2. The van der Waals surface area contributed by atoms with E-state index in [1.54, 1.807) is 4.90 Å². The van der Waals surface area contributed by atoms with E-state index in [0.29, 0.717) is 11.3 Å². The number of hydrogen-bond donors (Lipinski definition) is 2. The highest BCUT2D eigenvalue weighted by molar-refractivity contribution is 7.98. The smallest absolute Gasteiger partial charge is 0.410 e. The number of nitrogens with one attached hydrogen (secondary N) is 2. The number of likely N-dealkylation sites (tertiary alicyclic amines) is 2. The van der Waals surface area contributed by atoms with Crippen molar-refractivity contribution in [3.8, 4) is 0 Å². The average Bonchev–Trinajstić information content (AvgIpc) is 3.37. The molecule has 3 amide bonds. The zero-order valence-corrected chi connectivity index (χ0v) is 22.1. The number of hydrogen-bond acceptors (Lipinski definition) is 5. The molecule has 2 heterocycles. The quantitative estimate of drug-likeness (QED) is 0.598. The molecule has 188 valence electrons. The monoisotopic (exact) mass is 488 g/mol. The van der Waals surface area contributed by atoms with Gasteiger partial charge in [-0.25, -0.2) is 9.59 Å². The minimum atomic E-state index is -0.452. The average molecular weight is 489 g/mol. The molecule has 0 atom stereocenters. The van der Waals surface area contributed by atoms with Crippen molar-refractivity contribution in [3.63, 3.8) is 0 Å². The van der Waals surface area contributed by atoms with Crippen molar-refractivity contribution in [2.45, 2.75) is 90.0 Å². The summed E-state index contributed by atoms with van der Waals surface area (Å²) in [6.45, 7) is 13.0. The van der Waals surface area contributed by atoms with Crippen LogP contribution in [0.1, 0.15) is 69.7 Å². The number of benzene rings is 1. The molecular formula is C26H40N4O3S. The molecule has 0 saturated carbocycles. The molecule has 2 saturated heterocycles. The Morgan fingerprint density at radius 2 is 1.56 bits per heavy atom. The van der Waals surface area contributed by atoms with Crippen molar-refractivity contribution in [1.29, 1.82) is 0 Å². The fraction of sp³-hybridized carbons (Fsp3) is 0.692. The molecular weight excluding hydrogens is 448 g/mol. The Labute approximate surface area is 208 Å². The predicted molar refractivity (Wildman–Crippen MR) is 139 cm³/mol. The molecule has 1 aromatic rings. The molecule has 0 spiro atoms. The van der Waals surface area contributed by atoms with Crippen LogP contribution >= 0.6 is 11.9 Å². The van der Waals surface area contributed by atoms with Gasteiger partial charge in [-0.15, -0.1) is 0 Å². The summed E-state index contributed by atoms with van der Waals surface area (Å²) in [5, 5.41) is 3.59. The van der Waals surface area contributed by atoms with E-state index in [0.717, 1.165) is 57.5 Å². The van der Waals surface area contributed by atoms with Crippen molar-refractivity contribution in [2.75, 3.05) is 31.5 Å². The lowest BCUT2D eigenvalue weighted by Gasteiger charge is -2.51. The molecule has 8 heteroatoms. The van der Waals surface area contributed by atoms with Gasteiger partial charge in [-0.2, -0.15) is 0 Å². The number of carbonyl (C=O) groups excluding carboxylic acids is 2. The Morgan fingerprint density at radius 1 is 0.971 bits per heavy atom. The van der Waals surface area contributed by atoms with Crippen molar-refractivity contribution in [2.24, 2.45) is 0 Å². The number of nitrogens with zero attached hydrogens (tertiary/aromatic N) is 2. The maximum absolute atomic E-state index is 12.7. The third kappa shape index (κ3) is 5.48. The summed E-state index contributed by atoms with van der Waals surface area (Å²) in [4.78, 5) is 28.9. The van der Waals surface area contributed by atoms with Crippen LogP contribution in [-0.2, 0) is 30.4 Å². The van der Waals surface area contributed by atoms with Gasteiger partial charge in [0.25, 0.3) is 0 Å². The van der Waals surface area contributed by atoms with E-state index >= 15 is 0 Å².